The number of carbonyl (C=O) groups is 6. The maximum Gasteiger partial charge on any atom is 0.418 e. The molecular weight excluding hydrogens is 1920 g/mol. The molecule has 50 heteroatoms. The predicted octanol–water partition coefficient (Wildman–Crippen LogP) is 14.1. The molecule has 750 valence electrons. The van der Waals surface area contributed by atoms with E-state index in [1.807, 2.05) is 0 Å². The zero-order valence-electron chi connectivity index (χ0n) is 75.1. The third-order valence-electron chi connectivity index (χ3n) is 23.6. The number of fused-ring (bicyclic) bond motifs is 3. The van der Waals surface area contributed by atoms with Crippen molar-refractivity contribution in [2.75, 3.05) is 95.3 Å². The highest BCUT2D eigenvalue weighted by atomic mass is 19.4. The van der Waals surface area contributed by atoms with Gasteiger partial charge in [-0.15, -0.1) is 0 Å². The number of rotatable bonds is 21. The lowest BCUT2D eigenvalue weighted by molar-refractivity contribution is -0.167. The number of nitrogens with one attached hydrogen (secondary N) is 3. The van der Waals surface area contributed by atoms with Gasteiger partial charge in [-0.25, -0.2) is 60.7 Å². The van der Waals surface area contributed by atoms with Crippen molar-refractivity contribution < 1.29 is 149 Å². The van der Waals surface area contributed by atoms with E-state index in [0.29, 0.717) is 75.9 Å². The lowest BCUT2D eigenvalue weighted by Crippen LogP contribution is -2.53. The summed E-state index contributed by atoms with van der Waals surface area (Å²) in [6.07, 6.45) is -15.1. The number of ether oxygens (including phenoxy) is 6. The van der Waals surface area contributed by atoms with Gasteiger partial charge >= 0.3 is 48.8 Å². The van der Waals surface area contributed by atoms with Crippen LogP contribution in [-0.4, -0.2) is 219 Å². The summed E-state index contributed by atoms with van der Waals surface area (Å²) >= 11 is 0. The number of methoxy groups -OCH3 is 3. The number of esters is 3. The maximum atomic E-state index is 15.2. The van der Waals surface area contributed by atoms with E-state index < -0.39 is 202 Å². The van der Waals surface area contributed by atoms with E-state index in [9.17, 15) is 99.4 Å². The smallest absolute Gasteiger partial charge is 0.418 e. The molecule has 141 heavy (non-hydrogen) atoms. The molecule has 15 rings (SSSR count). The number of carbonyl (C=O) groups excluding carboxylic acids is 6. The van der Waals surface area contributed by atoms with E-state index in [4.69, 9.17) is 28.4 Å². The highest BCUT2D eigenvalue weighted by molar-refractivity contribution is 6.00. The first kappa shape index (κ1) is 104. The van der Waals surface area contributed by atoms with Gasteiger partial charge in [0.1, 0.15) is 110 Å². The van der Waals surface area contributed by atoms with Crippen LogP contribution < -0.4 is 36.2 Å². The van der Waals surface area contributed by atoms with Gasteiger partial charge < -0.3 is 76.8 Å². The maximum absolute atomic E-state index is 15.2. The van der Waals surface area contributed by atoms with Crippen molar-refractivity contribution in [3.8, 4) is 33.8 Å². The van der Waals surface area contributed by atoms with E-state index >= 15 is 26.3 Å². The molecule has 3 amide bonds. The molecule has 0 unspecified atom stereocenters. The standard InChI is InChI=1S/C31H27F8N5O4.C30H25F8N5O4.C30H29F5N6O5/c1-15-10-20(30(34,35)36)26(41-16(15)2)19-5-4-17(44-7-6-40-27(19)44)13-23(29(46)47-3)42-28(45)25-21(32)11-18(12-22(25)33)43-8-9-48-14-24(43)31(37,38)39;1-15-5-6-39-25(24(15)30(36,37)38)18-4-3-16(43-8-7-40-26(18)43)13-21(28(45)46-2)41-27(44)23-19(31)11-17(12-20(23)32)42-9-10-47-14-22(42)29(33,34)35;1-15-16(2)39(3)28(43)25(37-15)19-6-5-17(41-8-7-36-26(19)41)13-22(29(44)45-4)38-27(42)24-20(31)11-18(12-21(24)32)40-9-10-46-14-23(40)30(33,34)35/h4-7,10-12,23-24H,8-9,13-14H2,1-3H3,(H,42,45);3-8,11-12,21-22H,9-10,13-14H2,1-2H3,(H,41,44);5-8,11-12,22-23H,9-10,13-14H2,1-4H3,(H,38,42)/t23-,24+;21-,22+;22-,23+/m000/s1. The zero-order chi connectivity index (χ0) is 103. The third kappa shape index (κ3) is 22.2. The Labute approximate surface area is 783 Å². The number of amides is 3. The molecule has 3 aromatic carbocycles. The average Bonchev–Trinajstić information content (AvgIpc) is 1.72. The number of imidazole rings is 3. The lowest BCUT2D eigenvalue weighted by atomic mass is 10.0. The Morgan fingerprint density at radius 3 is 1.04 bits per heavy atom. The molecule has 3 aliphatic rings. The molecule has 3 saturated heterocycles. The van der Waals surface area contributed by atoms with Crippen molar-refractivity contribution >= 4 is 69.6 Å². The van der Waals surface area contributed by atoms with Gasteiger partial charge in [0, 0.05) is 152 Å². The first-order valence-electron chi connectivity index (χ1n) is 42.2. The molecule has 0 saturated carbocycles. The number of nitrogens with zero attached hydrogens (tertiary/aromatic N) is 13. The minimum atomic E-state index is -4.77. The normalized spacial score (nSPS) is 16.2. The van der Waals surface area contributed by atoms with Crippen molar-refractivity contribution in [3.63, 3.8) is 0 Å². The first-order valence-corrected chi connectivity index (χ1v) is 42.2. The number of hydrogen-bond acceptors (Lipinski definition) is 22. The minimum absolute atomic E-state index is 0.0192. The Bertz CT molecular complexity index is 6790. The summed E-state index contributed by atoms with van der Waals surface area (Å²) in [5.41, 5.74) is -3.98. The first-order chi connectivity index (χ1) is 66.3. The second-order valence-electron chi connectivity index (χ2n) is 32.3. The fraction of sp³-hybridized carbons (Fsp3) is 0.352. The van der Waals surface area contributed by atoms with E-state index in [0.717, 1.165) is 42.1 Å². The highest BCUT2D eigenvalue weighted by Gasteiger charge is 2.50. The van der Waals surface area contributed by atoms with Crippen LogP contribution in [0.25, 0.3) is 50.7 Å². The summed E-state index contributed by atoms with van der Waals surface area (Å²) in [5, 5.41) is 6.65. The predicted molar refractivity (Wildman–Crippen MR) is 458 cm³/mol. The van der Waals surface area contributed by atoms with E-state index in [1.165, 1.54) is 94.7 Å². The van der Waals surface area contributed by atoms with Crippen LogP contribution in [0.15, 0.2) is 133 Å². The Balaban J connectivity index is 0.000000178. The number of pyridine rings is 5. The largest absolute Gasteiger partial charge is 0.467 e. The van der Waals surface area contributed by atoms with Crippen molar-refractivity contribution in [1.82, 2.24) is 63.6 Å². The van der Waals surface area contributed by atoms with Crippen molar-refractivity contribution in [1.29, 1.82) is 0 Å². The SMILES string of the molecule is COC(=O)[C@H](Cc1ccc(-c2nc(C)c(C)cc2C(F)(F)F)c2nccn12)NC(=O)c1c(F)cc(N2CCOC[C@@H]2C(F)(F)F)cc1F.COC(=O)[C@H](Cc1ccc(-c2nc(C)c(C)n(C)c2=O)c2nccn12)NC(=O)c1c(F)cc(N2CCOC[C@@H]2C(F)(F)F)cc1F.COC(=O)[C@H](Cc1ccc(-c2nccc(C)c2C(F)(F)F)c2nccn12)NC(=O)c1c(F)cc(N2CCOC[C@@H]2C(F)(F)F)cc1F. The molecule has 3 aliphatic heterocycles. The van der Waals surface area contributed by atoms with Gasteiger partial charge in [-0.1, -0.05) is 0 Å². The Kier molecular flexibility index (Phi) is 30.6. The van der Waals surface area contributed by atoms with Crippen LogP contribution in [0.3, 0.4) is 0 Å². The highest BCUT2D eigenvalue weighted by Crippen LogP contribution is 2.44. The molecule has 6 atom stereocenters. The Morgan fingerprint density at radius 2 is 0.730 bits per heavy atom. The van der Waals surface area contributed by atoms with E-state index in [-0.39, 0.29) is 121 Å². The van der Waals surface area contributed by atoms with Crippen LogP contribution in [-0.2, 0) is 81.5 Å². The number of hydrogen-bond donors (Lipinski definition) is 3. The van der Waals surface area contributed by atoms with Crippen LogP contribution in [0.1, 0.15) is 87.5 Å². The van der Waals surface area contributed by atoms with Gasteiger partial charge in [-0.3, -0.25) is 29.1 Å². The molecule has 0 radical (unpaired) electrons. The summed E-state index contributed by atoms with van der Waals surface area (Å²) in [6.45, 7) is 4.35. The molecular formula is C91H81F21N16O13. The van der Waals surface area contributed by atoms with Crippen molar-refractivity contribution in [2.45, 2.75) is 121 Å². The molecule has 12 heterocycles. The monoisotopic (exact) mass is 2000 g/mol. The number of halogens is 21. The fourth-order valence-corrected chi connectivity index (χ4v) is 16.2. The molecule has 3 N–H and O–H groups in total. The van der Waals surface area contributed by atoms with E-state index in [1.54, 1.807) is 50.5 Å². The van der Waals surface area contributed by atoms with Crippen molar-refractivity contribution in [2.24, 2.45) is 7.05 Å². The fourth-order valence-electron chi connectivity index (χ4n) is 16.2. The Hall–Kier alpha value is -14.5. The third-order valence-corrected chi connectivity index (χ3v) is 23.6. The number of morpholine rings is 3. The summed E-state index contributed by atoms with van der Waals surface area (Å²) in [7, 11) is 4.68. The van der Waals surface area contributed by atoms with Gasteiger partial charge in [0.2, 0.25) is 0 Å². The minimum Gasteiger partial charge on any atom is -0.467 e. The molecule has 0 bridgehead atoms. The molecule has 3 fully saturated rings. The molecule has 0 aliphatic carbocycles. The molecule has 12 aromatic rings. The Morgan fingerprint density at radius 1 is 0.411 bits per heavy atom. The average molecular weight is 2010 g/mol. The number of benzene rings is 3. The van der Waals surface area contributed by atoms with Gasteiger partial charge in [0.05, 0.1) is 89.2 Å². The number of aryl methyl sites for hydroxylation is 4. The van der Waals surface area contributed by atoms with Gasteiger partial charge in [-0.05, 0) is 131 Å². The quantitative estimate of drug-likeness (QED) is 0.0342. The van der Waals surface area contributed by atoms with Crippen LogP contribution in [0.5, 0.6) is 0 Å². The molecule has 9 aromatic heterocycles. The number of alkyl halides is 15. The van der Waals surface area contributed by atoms with Crippen LogP contribution >= 0.6 is 0 Å². The number of aromatic nitrogens is 10. The van der Waals surface area contributed by atoms with Crippen molar-refractivity contribution in [3.05, 3.63) is 247 Å². The summed E-state index contributed by atoms with van der Waals surface area (Å²) in [4.78, 5) is 118. The topological polar surface area (TPSA) is 316 Å². The summed E-state index contributed by atoms with van der Waals surface area (Å²) in [6, 6.07) is 3.25. The van der Waals surface area contributed by atoms with E-state index in [2.05, 4.69) is 45.9 Å². The van der Waals surface area contributed by atoms with Crippen LogP contribution in [0.2, 0.25) is 0 Å². The second kappa shape index (κ2) is 41.5. The number of anilines is 3. The van der Waals surface area contributed by atoms with Gasteiger partial charge in [0.15, 0.2) is 0 Å². The zero-order valence-corrected chi connectivity index (χ0v) is 75.1. The second-order valence-corrected chi connectivity index (χ2v) is 32.3. The van der Waals surface area contributed by atoms with Crippen LogP contribution in [0, 0.1) is 69.5 Å². The lowest BCUT2D eigenvalue weighted by Gasteiger charge is -2.38. The summed E-state index contributed by atoms with van der Waals surface area (Å²) < 4.78 is 331. The van der Waals surface area contributed by atoms with Gasteiger partial charge in [0.25, 0.3) is 23.3 Å². The molecule has 29 nitrogen and oxygen atoms in total. The summed E-state index contributed by atoms with van der Waals surface area (Å²) in [5.74, 6) is -15.9. The molecule has 0 spiro atoms. The van der Waals surface area contributed by atoms with Gasteiger partial charge in [-0.2, -0.15) is 65.9 Å². The van der Waals surface area contributed by atoms with Crippen LogP contribution in [0.4, 0.5) is 109 Å².